The number of likely N-dealkylation sites (tertiary alicyclic amines) is 1. The molecule has 10 heteroatoms. The van der Waals surface area contributed by atoms with Gasteiger partial charge < -0.3 is 15.0 Å². The first kappa shape index (κ1) is 21.2. The monoisotopic (exact) mass is 406 g/mol. The summed E-state index contributed by atoms with van der Waals surface area (Å²) in [7, 11) is 1.23. The number of carbonyl (C=O) groups excluding carboxylic acids is 3. The summed E-state index contributed by atoms with van der Waals surface area (Å²) in [5.74, 6) is -2.53. The van der Waals surface area contributed by atoms with Gasteiger partial charge in [0.15, 0.2) is 0 Å². The van der Waals surface area contributed by atoms with E-state index in [4.69, 9.17) is 4.74 Å². The van der Waals surface area contributed by atoms with Gasteiger partial charge in [-0.15, -0.1) is 11.3 Å². The van der Waals surface area contributed by atoms with Crippen LogP contribution in [-0.2, 0) is 20.7 Å². The quantitative estimate of drug-likeness (QED) is 0.737. The third-order valence-corrected chi connectivity index (χ3v) is 5.02. The van der Waals surface area contributed by atoms with Crippen LogP contribution in [0.5, 0.6) is 0 Å². The van der Waals surface area contributed by atoms with Crippen LogP contribution in [-0.4, -0.2) is 49.1 Å². The second kappa shape index (κ2) is 8.28. The van der Waals surface area contributed by atoms with Gasteiger partial charge in [0.1, 0.15) is 11.5 Å². The van der Waals surface area contributed by atoms with Gasteiger partial charge in [0, 0.05) is 13.0 Å². The number of thiophene rings is 1. The summed E-state index contributed by atoms with van der Waals surface area (Å²) in [6.07, 6.45) is -4.20. The average Bonchev–Trinajstić information content (AvgIpc) is 3.09. The Bertz CT molecular complexity index is 730. The van der Waals surface area contributed by atoms with Crippen molar-refractivity contribution in [3.8, 4) is 0 Å². The summed E-state index contributed by atoms with van der Waals surface area (Å²) < 4.78 is 42.3. The fraction of sp³-hybridized carbons (Fsp3) is 0.588. The van der Waals surface area contributed by atoms with Crippen molar-refractivity contribution in [2.45, 2.75) is 32.9 Å². The molecule has 1 N–H and O–H groups in total. The topological polar surface area (TPSA) is 75.7 Å². The van der Waals surface area contributed by atoms with Crippen LogP contribution >= 0.6 is 11.3 Å². The summed E-state index contributed by atoms with van der Waals surface area (Å²) in [4.78, 5) is 36.9. The summed E-state index contributed by atoms with van der Waals surface area (Å²) in [6.45, 7) is 2.29. The lowest BCUT2D eigenvalue weighted by atomic mass is 10.0. The van der Waals surface area contributed by atoms with Crippen molar-refractivity contribution in [1.29, 1.82) is 0 Å². The lowest BCUT2D eigenvalue weighted by molar-refractivity contribution is -0.157. The van der Waals surface area contributed by atoms with Crippen LogP contribution in [0.3, 0.4) is 0 Å². The molecule has 1 atom stereocenters. The highest BCUT2D eigenvalue weighted by Crippen LogP contribution is 2.32. The fourth-order valence-electron chi connectivity index (χ4n) is 2.93. The molecular formula is C17H21F3N2O4S. The van der Waals surface area contributed by atoms with Crippen LogP contribution in [0.25, 0.3) is 0 Å². The van der Waals surface area contributed by atoms with E-state index in [9.17, 15) is 27.6 Å². The highest BCUT2D eigenvalue weighted by Gasteiger charge is 2.40. The standard InChI is InChI=1S/C17H21F3N2O4S/c1-9(2)4-11-7-27-15(13(11)16(25)26-3)21-14(24)10-5-12(23)22(6-10)8-17(18,19)20/h7,9-10H,4-6,8H2,1-3H3,(H,21,24). The number of hydrogen-bond donors (Lipinski definition) is 1. The van der Waals surface area contributed by atoms with Gasteiger partial charge in [-0.05, 0) is 23.3 Å². The van der Waals surface area contributed by atoms with E-state index in [2.05, 4.69) is 5.32 Å². The predicted molar refractivity (Wildman–Crippen MR) is 93.6 cm³/mol. The maximum atomic E-state index is 12.5. The maximum Gasteiger partial charge on any atom is 0.406 e. The molecule has 0 aromatic carbocycles. The van der Waals surface area contributed by atoms with E-state index in [-0.39, 0.29) is 29.4 Å². The predicted octanol–water partition coefficient (Wildman–Crippen LogP) is 3.08. The smallest absolute Gasteiger partial charge is 0.406 e. The minimum Gasteiger partial charge on any atom is -0.465 e. The molecule has 1 aliphatic rings. The summed E-state index contributed by atoms with van der Waals surface area (Å²) >= 11 is 1.15. The molecule has 2 heterocycles. The molecule has 1 aliphatic heterocycles. The van der Waals surface area contributed by atoms with Gasteiger partial charge in [-0.2, -0.15) is 13.2 Å². The van der Waals surface area contributed by atoms with Gasteiger partial charge in [0.25, 0.3) is 0 Å². The van der Waals surface area contributed by atoms with E-state index in [1.807, 2.05) is 13.8 Å². The Balaban J connectivity index is 2.13. The third kappa shape index (κ3) is 5.44. The van der Waals surface area contributed by atoms with Gasteiger partial charge in [-0.3, -0.25) is 9.59 Å². The number of amides is 2. The van der Waals surface area contributed by atoms with Crippen molar-refractivity contribution >= 4 is 34.1 Å². The van der Waals surface area contributed by atoms with Crippen molar-refractivity contribution in [2.24, 2.45) is 11.8 Å². The number of esters is 1. The maximum absolute atomic E-state index is 12.5. The van der Waals surface area contributed by atoms with E-state index in [0.29, 0.717) is 11.3 Å². The van der Waals surface area contributed by atoms with Crippen molar-refractivity contribution in [3.63, 3.8) is 0 Å². The first-order valence-corrected chi connectivity index (χ1v) is 9.23. The molecule has 1 aromatic rings. The van der Waals surface area contributed by atoms with Crippen LogP contribution in [0.2, 0.25) is 0 Å². The van der Waals surface area contributed by atoms with E-state index in [1.165, 1.54) is 7.11 Å². The normalized spacial score (nSPS) is 17.5. The molecule has 0 radical (unpaired) electrons. The van der Waals surface area contributed by atoms with Gasteiger partial charge in [-0.1, -0.05) is 13.8 Å². The number of nitrogens with one attached hydrogen (secondary N) is 1. The number of rotatable bonds is 6. The molecule has 150 valence electrons. The van der Waals surface area contributed by atoms with Crippen LogP contribution in [0, 0.1) is 11.8 Å². The van der Waals surface area contributed by atoms with Crippen LogP contribution in [0.1, 0.15) is 36.2 Å². The van der Waals surface area contributed by atoms with Gasteiger partial charge in [0.2, 0.25) is 11.8 Å². The van der Waals surface area contributed by atoms with Crippen LogP contribution < -0.4 is 5.32 Å². The van der Waals surface area contributed by atoms with Crippen LogP contribution in [0.15, 0.2) is 5.38 Å². The molecule has 0 spiro atoms. The van der Waals surface area contributed by atoms with Gasteiger partial charge in [-0.25, -0.2) is 4.79 Å². The number of ether oxygens (including phenoxy) is 1. The molecule has 2 amide bonds. The molecular weight excluding hydrogens is 385 g/mol. The summed E-state index contributed by atoms with van der Waals surface area (Å²) in [5, 5.41) is 4.61. The molecule has 1 aromatic heterocycles. The molecule has 1 saturated heterocycles. The molecule has 1 fully saturated rings. The van der Waals surface area contributed by atoms with Gasteiger partial charge >= 0.3 is 12.1 Å². The first-order valence-electron chi connectivity index (χ1n) is 8.36. The highest BCUT2D eigenvalue weighted by atomic mass is 32.1. The Morgan fingerprint density at radius 1 is 1.41 bits per heavy atom. The van der Waals surface area contributed by atoms with Crippen molar-refractivity contribution in [3.05, 3.63) is 16.5 Å². The second-order valence-electron chi connectivity index (χ2n) is 6.83. The molecule has 6 nitrogen and oxygen atoms in total. The van der Waals surface area contributed by atoms with Gasteiger partial charge in [0.05, 0.1) is 18.6 Å². The van der Waals surface area contributed by atoms with E-state index in [0.717, 1.165) is 16.9 Å². The number of halogens is 3. The van der Waals surface area contributed by atoms with Crippen molar-refractivity contribution < 1.29 is 32.3 Å². The SMILES string of the molecule is COC(=O)c1c(CC(C)C)csc1NC(=O)C1CC(=O)N(CC(F)(F)F)C1. The molecule has 1 unspecified atom stereocenters. The van der Waals surface area contributed by atoms with E-state index in [1.54, 1.807) is 5.38 Å². The van der Waals surface area contributed by atoms with E-state index >= 15 is 0 Å². The number of carbonyl (C=O) groups is 3. The number of alkyl halides is 3. The zero-order valence-corrected chi connectivity index (χ0v) is 16.0. The lowest BCUT2D eigenvalue weighted by Crippen LogP contribution is -2.36. The van der Waals surface area contributed by atoms with Crippen LogP contribution in [0.4, 0.5) is 18.2 Å². The Kier molecular flexibility index (Phi) is 6.50. The summed E-state index contributed by atoms with van der Waals surface area (Å²) in [6, 6.07) is 0. The Morgan fingerprint density at radius 3 is 2.63 bits per heavy atom. The molecule has 0 bridgehead atoms. The number of methoxy groups -OCH3 is 1. The Labute approximate surface area is 158 Å². The average molecular weight is 406 g/mol. The second-order valence-corrected chi connectivity index (χ2v) is 7.71. The number of nitrogens with zero attached hydrogens (tertiary/aromatic N) is 1. The third-order valence-electron chi connectivity index (χ3n) is 4.08. The first-order chi connectivity index (χ1) is 12.5. The molecule has 2 rings (SSSR count). The highest BCUT2D eigenvalue weighted by molar-refractivity contribution is 7.15. The van der Waals surface area contributed by atoms with E-state index < -0.39 is 36.4 Å². The fourth-order valence-corrected chi connectivity index (χ4v) is 3.90. The largest absolute Gasteiger partial charge is 0.465 e. The zero-order valence-electron chi connectivity index (χ0n) is 15.2. The number of hydrogen-bond acceptors (Lipinski definition) is 5. The van der Waals surface area contributed by atoms with Crippen molar-refractivity contribution in [1.82, 2.24) is 4.90 Å². The Hall–Kier alpha value is -2.10. The molecule has 0 aliphatic carbocycles. The zero-order chi connectivity index (χ0) is 20.4. The number of anilines is 1. The lowest BCUT2D eigenvalue weighted by Gasteiger charge is -2.18. The Morgan fingerprint density at radius 2 is 2.07 bits per heavy atom. The van der Waals surface area contributed by atoms with Crippen molar-refractivity contribution in [2.75, 3.05) is 25.5 Å². The molecule has 27 heavy (non-hydrogen) atoms. The summed E-state index contributed by atoms with van der Waals surface area (Å²) in [5.41, 5.74) is 0.986. The molecule has 0 saturated carbocycles. The minimum atomic E-state index is -4.52. The minimum absolute atomic E-state index is 0.251.